The van der Waals surface area contributed by atoms with Crippen LogP contribution in [0.3, 0.4) is 0 Å². The zero-order valence-electron chi connectivity index (χ0n) is 10.6. The van der Waals surface area contributed by atoms with Gasteiger partial charge in [-0.3, -0.25) is 4.79 Å². The summed E-state index contributed by atoms with van der Waals surface area (Å²) in [7, 11) is 0. The molecule has 1 aromatic heterocycles. The van der Waals surface area contributed by atoms with Gasteiger partial charge in [-0.1, -0.05) is 18.3 Å². The molecule has 0 radical (unpaired) electrons. The predicted molar refractivity (Wildman–Crippen MR) is 80.7 cm³/mol. The van der Waals surface area contributed by atoms with Gasteiger partial charge in [-0.15, -0.1) is 10.2 Å². The Balaban J connectivity index is 2.08. The lowest BCUT2D eigenvalue weighted by molar-refractivity contribution is 0.102. The molecule has 0 aliphatic heterocycles. The van der Waals surface area contributed by atoms with E-state index in [0.29, 0.717) is 15.3 Å². The van der Waals surface area contributed by atoms with E-state index in [0.717, 1.165) is 24.3 Å². The van der Waals surface area contributed by atoms with Gasteiger partial charge in [0.25, 0.3) is 5.91 Å². The van der Waals surface area contributed by atoms with Gasteiger partial charge in [-0.05, 0) is 40.5 Å². The monoisotopic (exact) mass is 358 g/mol. The van der Waals surface area contributed by atoms with Crippen molar-refractivity contribution in [3.63, 3.8) is 0 Å². The van der Waals surface area contributed by atoms with Crippen LogP contribution < -0.4 is 10.6 Å². The van der Waals surface area contributed by atoms with Gasteiger partial charge >= 0.3 is 0 Å². The topological polar surface area (TPSA) is 66.9 Å². The van der Waals surface area contributed by atoms with Crippen LogP contribution in [0.4, 0.5) is 15.2 Å². The molecule has 1 amide bonds. The first kappa shape index (κ1) is 14.9. The van der Waals surface area contributed by atoms with Gasteiger partial charge in [-0.25, -0.2) is 4.39 Å². The van der Waals surface area contributed by atoms with Crippen molar-refractivity contribution in [2.45, 2.75) is 13.3 Å². The molecule has 0 aliphatic rings. The molecule has 5 nitrogen and oxygen atoms in total. The first-order valence-electron chi connectivity index (χ1n) is 5.94. The average molecular weight is 359 g/mol. The minimum Gasteiger partial charge on any atom is -0.360 e. The summed E-state index contributed by atoms with van der Waals surface area (Å²) in [6.45, 7) is 2.80. The number of hydrogen-bond donors (Lipinski definition) is 2. The maximum Gasteiger partial charge on any atom is 0.286 e. The largest absolute Gasteiger partial charge is 0.360 e. The number of amides is 1. The van der Waals surface area contributed by atoms with Crippen molar-refractivity contribution in [3.8, 4) is 0 Å². The van der Waals surface area contributed by atoms with E-state index >= 15 is 0 Å². The number of benzene rings is 1. The molecule has 0 bridgehead atoms. The molecule has 0 saturated carbocycles. The number of halogens is 2. The summed E-state index contributed by atoms with van der Waals surface area (Å²) in [4.78, 5) is 12.0. The molecule has 1 heterocycles. The summed E-state index contributed by atoms with van der Waals surface area (Å²) >= 11 is 4.40. The third-order valence-electron chi connectivity index (χ3n) is 2.32. The number of carbonyl (C=O) groups excluding carboxylic acids is 1. The lowest BCUT2D eigenvalue weighted by atomic mass is 10.3. The zero-order chi connectivity index (χ0) is 14.5. The molecule has 0 atom stereocenters. The van der Waals surface area contributed by atoms with Crippen LogP contribution in [0.1, 0.15) is 23.1 Å². The molecule has 2 N–H and O–H groups in total. The fourth-order valence-electron chi connectivity index (χ4n) is 1.39. The number of anilines is 2. The van der Waals surface area contributed by atoms with Crippen LogP contribution in [0.15, 0.2) is 22.7 Å². The van der Waals surface area contributed by atoms with Crippen molar-refractivity contribution in [3.05, 3.63) is 33.5 Å². The van der Waals surface area contributed by atoms with Crippen LogP contribution >= 0.6 is 27.3 Å². The summed E-state index contributed by atoms with van der Waals surface area (Å²) in [5.74, 6) is -0.843. The molecule has 106 valence electrons. The van der Waals surface area contributed by atoms with Crippen molar-refractivity contribution in [2.24, 2.45) is 0 Å². The van der Waals surface area contributed by atoms with E-state index in [1.54, 1.807) is 0 Å². The Morgan fingerprint density at radius 2 is 2.25 bits per heavy atom. The highest BCUT2D eigenvalue weighted by atomic mass is 79.9. The van der Waals surface area contributed by atoms with E-state index in [-0.39, 0.29) is 5.01 Å². The molecule has 0 fully saturated rings. The fourth-order valence-corrected chi connectivity index (χ4v) is 2.40. The van der Waals surface area contributed by atoms with E-state index in [9.17, 15) is 9.18 Å². The van der Waals surface area contributed by atoms with Crippen molar-refractivity contribution < 1.29 is 9.18 Å². The summed E-state index contributed by atoms with van der Waals surface area (Å²) in [6, 6.07) is 4.07. The zero-order valence-corrected chi connectivity index (χ0v) is 13.0. The lowest BCUT2D eigenvalue weighted by Gasteiger charge is -2.05. The maximum atomic E-state index is 13.1. The molecule has 2 rings (SSSR count). The number of nitrogens with one attached hydrogen (secondary N) is 2. The SMILES string of the molecule is CCCNc1nnc(C(=O)Nc2cc(F)ccc2Br)s1. The summed E-state index contributed by atoms with van der Waals surface area (Å²) in [5.41, 5.74) is 0.355. The molecule has 1 aromatic carbocycles. The summed E-state index contributed by atoms with van der Waals surface area (Å²) in [5, 5.41) is 14.1. The molecule has 20 heavy (non-hydrogen) atoms. The van der Waals surface area contributed by atoms with Gasteiger partial charge in [0.15, 0.2) is 0 Å². The highest BCUT2D eigenvalue weighted by molar-refractivity contribution is 9.10. The molecule has 0 spiro atoms. The molecule has 0 aliphatic carbocycles. The van der Waals surface area contributed by atoms with Crippen molar-refractivity contribution in [1.29, 1.82) is 0 Å². The average Bonchev–Trinajstić information content (AvgIpc) is 2.89. The van der Waals surface area contributed by atoms with Gasteiger partial charge in [-0.2, -0.15) is 0 Å². The van der Waals surface area contributed by atoms with E-state index in [2.05, 4.69) is 36.8 Å². The van der Waals surface area contributed by atoms with Crippen molar-refractivity contribution in [2.75, 3.05) is 17.2 Å². The quantitative estimate of drug-likeness (QED) is 0.857. The third-order valence-corrected chi connectivity index (χ3v) is 3.89. The molecular weight excluding hydrogens is 347 g/mol. The first-order chi connectivity index (χ1) is 9.60. The minimum atomic E-state index is -0.425. The Bertz CT molecular complexity index is 619. The molecule has 8 heteroatoms. The van der Waals surface area contributed by atoms with Gasteiger partial charge in [0, 0.05) is 11.0 Å². The van der Waals surface area contributed by atoms with Gasteiger partial charge < -0.3 is 10.6 Å². The molecule has 0 unspecified atom stereocenters. The second-order valence-electron chi connectivity index (χ2n) is 3.92. The third kappa shape index (κ3) is 3.73. The summed E-state index contributed by atoms with van der Waals surface area (Å²) < 4.78 is 13.7. The minimum absolute atomic E-state index is 0.222. The highest BCUT2D eigenvalue weighted by Crippen LogP contribution is 2.24. The molecule has 0 saturated heterocycles. The predicted octanol–water partition coefficient (Wildman–Crippen LogP) is 3.51. The number of hydrogen-bond acceptors (Lipinski definition) is 5. The lowest BCUT2D eigenvalue weighted by Crippen LogP contribution is -2.12. The van der Waals surface area contributed by atoms with E-state index in [4.69, 9.17) is 0 Å². The van der Waals surface area contributed by atoms with Gasteiger partial charge in [0.1, 0.15) is 5.82 Å². The van der Waals surface area contributed by atoms with Crippen molar-refractivity contribution >= 4 is 44.0 Å². The number of aromatic nitrogens is 2. The van der Waals surface area contributed by atoms with Crippen LogP contribution in [0, 0.1) is 5.82 Å². The van der Waals surface area contributed by atoms with Gasteiger partial charge in [0.05, 0.1) is 5.69 Å². The second-order valence-corrected chi connectivity index (χ2v) is 5.75. The normalized spacial score (nSPS) is 10.3. The smallest absolute Gasteiger partial charge is 0.286 e. The number of carbonyl (C=O) groups is 1. The van der Waals surface area contributed by atoms with Crippen LogP contribution in [-0.4, -0.2) is 22.6 Å². The van der Waals surface area contributed by atoms with Crippen LogP contribution in [0.5, 0.6) is 0 Å². The van der Waals surface area contributed by atoms with E-state index in [1.807, 2.05) is 6.92 Å². The Morgan fingerprint density at radius 1 is 1.45 bits per heavy atom. The Hall–Kier alpha value is -1.54. The van der Waals surface area contributed by atoms with Crippen LogP contribution in [0.25, 0.3) is 0 Å². The second kappa shape index (κ2) is 6.76. The number of rotatable bonds is 5. The maximum absolute atomic E-state index is 13.1. The fraction of sp³-hybridized carbons (Fsp3) is 0.250. The van der Waals surface area contributed by atoms with Crippen molar-refractivity contribution in [1.82, 2.24) is 10.2 Å². The Labute approximate surface area is 127 Å². The van der Waals surface area contributed by atoms with Crippen LogP contribution in [0.2, 0.25) is 0 Å². The van der Waals surface area contributed by atoms with Gasteiger partial charge in [0.2, 0.25) is 10.1 Å². The molecular formula is C12H12BrFN4OS. The standard InChI is InChI=1S/C12H12BrFN4OS/c1-2-5-15-12-18-17-11(20-12)10(19)16-9-6-7(14)3-4-8(9)13/h3-4,6H,2,5H2,1H3,(H,15,18)(H,16,19). The van der Waals surface area contributed by atoms with Crippen LogP contribution in [-0.2, 0) is 0 Å². The Kier molecular flexibility index (Phi) is 5.02. The van der Waals surface area contributed by atoms with E-state index < -0.39 is 11.7 Å². The first-order valence-corrected chi connectivity index (χ1v) is 7.55. The highest BCUT2D eigenvalue weighted by Gasteiger charge is 2.14. The van der Waals surface area contributed by atoms with E-state index in [1.165, 1.54) is 18.2 Å². The molecule has 2 aromatic rings. The number of nitrogens with zero attached hydrogens (tertiary/aromatic N) is 2. The summed E-state index contributed by atoms with van der Waals surface area (Å²) in [6.07, 6.45) is 0.956. The Morgan fingerprint density at radius 3 is 3.00 bits per heavy atom.